The van der Waals surface area contributed by atoms with Crippen LogP contribution in [0.15, 0.2) is 66.7 Å². The van der Waals surface area contributed by atoms with E-state index in [9.17, 15) is 0 Å². The third-order valence-electron chi connectivity index (χ3n) is 3.47. The van der Waals surface area contributed by atoms with Crippen molar-refractivity contribution in [2.75, 3.05) is 6.54 Å². The minimum Gasteiger partial charge on any atom is -0.484 e. The molecule has 0 saturated heterocycles. The van der Waals surface area contributed by atoms with Crippen LogP contribution in [0.1, 0.15) is 11.7 Å². The second-order valence-corrected chi connectivity index (χ2v) is 5.31. The molecule has 106 valence electrons. The number of rotatable bonds is 4. The van der Waals surface area contributed by atoms with Gasteiger partial charge in [-0.05, 0) is 29.1 Å². The summed E-state index contributed by atoms with van der Waals surface area (Å²) in [6, 6.07) is 21.8. The highest BCUT2D eigenvalue weighted by Crippen LogP contribution is 2.29. The Bertz CT molecular complexity index is 734. The Kier molecular flexibility index (Phi) is 4.09. The van der Waals surface area contributed by atoms with Crippen molar-refractivity contribution in [3.05, 3.63) is 77.3 Å². The van der Waals surface area contributed by atoms with Crippen molar-refractivity contribution >= 4 is 22.4 Å². The lowest BCUT2D eigenvalue weighted by Gasteiger charge is -2.19. The molecule has 3 aromatic carbocycles. The fourth-order valence-electron chi connectivity index (χ4n) is 2.38. The van der Waals surface area contributed by atoms with E-state index < -0.39 is 0 Å². The zero-order valence-electron chi connectivity index (χ0n) is 11.5. The molecule has 1 atom stereocenters. The molecule has 2 nitrogen and oxygen atoms in total. The SMILES string of the molecule is NCC(Oc1cccc2ccccc12)c1ccc(Cl)cc1. The predicted octanol–water partition coefficient (Wildman–Crippen LogP) is 4.57. The van der Waals surface area contributed by atoms with Gasteiger partial charge in [-0.2, -0.15) is 0 Å². The van der Waals surface area contributed by atoms with Gasteiger partial charge in [0.2, 0.25) is 0 Å². The lowest BCUT2D eigenvalue weighted by molar-refractivity contribution is 0.217. The molecule has 0 spiro atoms. The zero-order chi connectivity index (χ0) is 14.7. The maximum atomic E-state index is 6.13. The van der Waals surface area contributed by atoms with Gasteiger partial charge in [0.25, 0.3) is 0 Å². The van der Waals surface area contributed by atoms with Gasteiger partial charge in [-0.25, -0.2) is 0 Å². The van der Waals surface area contributed by atoms with Crippen LogP contribution in [-0.2, 0) is 0 Å². The summed E-state index contributed by atoms with van der Waals surface area (Å²) in [6.45, 7) is 0.408. The van der Waals surface area contributed by atoms with E-state index in [1.807, 2.05) is 48.5 Å². The highest BCUT2D eigenvalue weighted by Gasteiger charge is 2.13. The number of nitrogens with two attached hydrogens (primary N) is 1. The van der Waals surface area contributed by atoms with Gasteiger partial charge in [0.1, 0.15) is 11.9 Å². The minimum atomic E-state index is -0.187. The van der Waals surface area contributed by atoms with Gasteiger partial charge in [-0.3, -0.25) is 0 Å². The van der Waals surface area contributed by atoms with Crippen molar-refractivity contribution < 1.29 is 4.74 Å². The second-order valence-electron chi connectivity index (χ2n) is 4.87. The number of halogens is 1. The van der Waals surface area contributed by atoms with Gasteiger partial charge >= 0.3 is 0 Å². The van der Waals surface area contributed by atoms with Crippen LogP contribution in [0.3, 0.4) is 0 Å². The van der Waals surface area contributed by atoms with Gasteiger partial charge in [0.05, 0.1) is 0 Å². The molecular weight excluding hydrogens is 282 g/mol. The fourth-order valence-corrected chi connectivity index (χ4v) is 2.51. The van der Waals surface area contributed by atoms with E-state index in [4.69, 9.17) is 22.1 Å². The van der Waals surface area contributed by atoms with Crippen molar-refractivity contribution in [3.63, 3.8) is 0 Å². The number of benzene rings is 3. The molecule has 0 aromatic heterocycles. The maximum absolute atomic E-state index is 6.13. The normalized spacial score (nSPS) is 12.3. The zero-order valence-corrected chi connectivity index (χ0v) is 12.3. The number of ether oxygens (including phenoxy) is 1. The van der Waals surface area contributed by atoms with Gasteiger partial charge in [0, 0.05) is 17.0 Å². The van der Waals surface area contributed by atoms with Crippen LogP contribution >= 0.6 is 11.6 Å². The van der Waals surface area contributed by atoms with E-state index in [1.54, 1.807) is 0 Å². The first-order chi connectivity index (χ1) is 10.3. The van der Waals surface area contributed by atoms with E-state index in [0.29, 0.717) is 11.6 Å². The van der Waals surface area contributed by atoms with Crippen LogP contribution in [0.2, 0.25) is 5.02 Å². The number of hydrogen-bond donors (Lipinski definition) is 1. The third-order valence-corrected chi connectivity index (χ3v) is 3.73. The molecule has 0 amide bonds. The fraction of sp³-hybridized carbons (Fsp3) is 0.111. The van der Waals surface area contributed by atoms with Crippen molar-refractivity contribution in [2.24, 2.45) is 5.73 Å². The molecule has 0 aliphatic rings. The Balaban J connectivity index is 1.94. The molecule has 0 saturated carbocycles. The molecule has 0 aliphatic carbocycles. The topological polar surface area (TPSA) is 35.2 Å². The molecule has 21 heavy (non-hydrogen) atoms. The van der Waals surface area contributed by atoms with Gasteiger partial charge in [0.15, 0.2) is 0 Å². The first-order valence-corrected chi connectivity index (χ1v) is 7.25. The highest BCUT2D eigenvalue weighted by atomic mass is 35.5. The summed E-state index contributed by atoms with van der Waals surface area (Å²) in [4.78, 5) is 0. The van der Waals surface area contributed by atoms with Crippen molar-refractivity contribution in [1.82, 2.24) is 0 Å². The molecule has 0 bridgehead atoms. The van der Waals surface area contributed by atoms with Crippen molar-refractivity contribution in [1.29, 1.82) is 0 Å². The molecule has 1 unspecified atom stereocenters. The summed E-state index contributed by atoms with van der Waals surface area (Å²) in [5.74, 6) is 0.846. The third kappa shape index (κ3) is 3.02. The maximum Gasteiger partial charge on any atom is 0.136 e. The molecular formula is C18H16ClNO. The Morgan fingerprint density at radius 2 is 1.62 bits per heavy atom. The minimum absolute atomic E-state index is 0.187. The van der Waals surface area contributed by atoms with Crippen LogP contribution in [0.25, 0.3) is 10.8 Å². The molecule has 3 aromatic rings. The Morgan fingerprint density at radius 3 is 2.38 bits per heavy atom. The van der Waals surface area contributed by atoms with Gasteiger partial charge in [-0.1, -0.05) is 60.1 Å². The largest absolute Gasteiger partial charge is 0.484 e. The molecule has 0 aliphatic heterocycles. The quantitative estimate of drug-likeness (QED) is 0.765. The predicted molar refractivity (Wildman–Crippen MR) is 87.8 cm³/mol. The van der Waals surface area contributed by atoms with E-state index in [1.165, 1.54) is 0 Å². The molecule has 0 heterocycles. The van der Waals surface area contributed by atoms with Crippen molar-refractivity contribution in [3.8, 4) is 5.75 Å². The first kappa shape index (κ1) is 13.9. The number of hydrogen-bond acceptors (Lipinski definition) is 2. The highest BCUT2D eigenvalue weighted by molar-refractivity contribution is 6.30. The van der Waals surface area contributed by atoms with E-state index in [0.717, 1.165) is 22.1 Å². The summed E-state index contributed by atoms with van der Waals surface area (Å²) in [5, 5.41) is 2.95. The lowest BCUT2D eigenvalue weighted by atomic mass is 10.1. The van der Waals surface area contributed by atoms with Crippen molar-refractivity contribution in [2.45, 2.75) is 6.10 Å². The molecule has 3 rings (SSSR count). The van der Waals surface area contributed by atoms with E-state index in [-0.39, 0.29) is 6.10 Å². The molecule has 0 radical (unpaired) electrons. The van der Waals surface area contributed by atoms with E-state index >= 15 is 0 Å². The number of fused-ring (bicyclic) bond motifs is 1. The summed E-state index contributed by atoms with van der Waals surface area (Å²) >= 11 is 5.93. The van der Waals surface area contributed by atoms with Crippen LogP contribution in [0, 0.1) is 0 Å². The standard InChI is InChI=1S/C18H16ClNO/c19-15-10-8-14(9-11-15)18(12-20)21-17-7-3-5-13-4-1-2-6-16(13)17/h1-11,18H,12,20H2. The second kappa shape index (κ2) is 6.17. The van der Waals surface area contributed by atoms with Gasteiger partial charge < -0.3 is 10.5 Å². The summed E-state index contributed by atoms with van der Waals surface area (Å²) in [6.07, 6.45) is -0.187. The average Bonchev–Trinajstić information content (AvgIpc) is 2.54. The Labute approximate surface area is 129 Å². The van der Waals surface area contributed by atoms with Gasteiger partial charge in [-0.15, -0.1) is 0 Å². The first-order valence-electron chi connectivity index (χ1n) is 6.88. The summed E-state index contributed by atoms with van der Waals surface area (Å²) in [5.41, 5.74) is 6.90. The summed E-state index contributed by atoms with van der Waals surface area (Å²) in [7, 11) is 0. The smallest absolute Gasteiger partial charge is 0.136 e. The lowest BCUT2D eigenvalue weighted by Crippen LogP contribution is -2.18. The average molecular weight is 298 g/mol. The molecule has 3 heteroatoms. The van der Waals surface area contributed by atoms with Crippen LogP contribution < -0.4 is 10.5 Å². The monoisotopic (exact) mass is 297 g/mol. The van der Waals surface area contributed by atoms with Crippen LogP contribution in [-0.4, -0.2) is 6.54 Å². The molecule has 0 fully saturated rings. The van der Waals surface area contributed by atoms with E-state index in [2.05, 4.69) is 18.2 Å². The Hall–Kier alpha value is -2.03. The van der Waals surface area contributed by atoms with Crippen LogP contribution in [0.4, 0.5) is 0 Å². The Morgan fingerprint density at radius 1 is 0.905 bits per heavy atom. The van der Waals surface area contributed by atoms with Crippen LogP contribution in [0.5, 0.6) is 5.75 Å². The molecule has 2 N–H and O–H groups in total. The summed E-state index contributed by atoms with van der Waals surface area (Å²) < 4.78 is 6.13.